The number of thioether (sulfide) groups is 1. The summed E-state index contributed by atoms with van der Waals surface area (Å²) in [5.41, 5.74) is 1.12. The quantitative estimate of drug-likeness (QED) is 0.878. The van der Waals surface area contributed by atoms with Crippen LogP contribution in [0.4, 0.5) is 0 Å². The fraction of sp³-hybridized carbons (Fsp3) is 0.600. The van der Waals surface area contributed by atoms with Crippen LogP contribution < -0.4 is 4.74 Å². The van der Waals surface area contributed by atoms with E-state index in [1.807, 2.05) is 30.0 Å². The van der Waals surface area contributed by atoms with E-state index in [4.69, 9.17) is 4.74 Å². The lowest BCUT2D eigenvalue weighted by Gasteiger charge is -2.24. The number of hydrogen-bond donors (Lipinski definition) is 1. The van der Waals surface area contributed by atoms with E-state index in [9.17, 15) is 5.11 Å². The molecule has 1 aliphatic heterocycles. The highest BCUT2D eigenvalue weighted by Crippen LogP contribution is 2.29. The Labute approximate surface area is 128 Å². The fourth-order valence-electron chi connectivity index (χ4n) is 2.54. The highest BCUT2D eigenvalue weighted by molar-refractivity contribution is 9.10. The topological polar surface area (TPSA) is 29.5 Å². The molecule has 1 atom stereocenters. The summed E-state index contributed by atoms with van der Waals surface area (Å²) in [5.74, 6) is 4.04. The van der Waals surface area contributed by atoms with Gasteiger partial charge in [0.25, 0.3) is 0 Å². The number of aliphatic hydroxyl groups excluding tert-OH is 1. The SMILES string of the molecule is COc1ccc(Br)c(CC(O)CC2CCSCC2)c1. The Balaban J connectivity index is 1.92. The predicted molar refractivity (Wildman–Crippen MR) is 85.1 cm³/mol. The van der Waals surface area contributed by atoms with E-state index >= 15 is 0 Å². The maximum Gasteiger partial charge on any atom is 0.119 e. The molecule has 1 unspecified atom stereocenters. The summed E-state index contributed by atoms with van der Waals surface area (Å²) in [4.78, 5) is 0. The van der Waals surface area contributed by atoms with Crippen molar-refractivity contribution in [3.8, 4) is 5.75 Å². The second kappa shape index (κ2) is 7.55. The molecule has 1 saturated heterocycles. The first-order valence-electron chi connectivity index (χ1n) is 6.77. The molecular formula is C15H21BrO2S. The van der Waals surface area contributed by atoms with E-state index in [0.29, 0.717) is 12.3 Å². The first kappa shape index (κ1) is 15.2. The molecule has 1 aliphatic rings. The predicted octanol–water partition coefficient (Wildman–Crippen LogP) is 3.89. The van der Waals surface area contributed by atoms with Crippen molar-refractivity contribution < 1.29 is 9.84 Å². The van der Waals surface area contributed by atoms with Gasteiger partial charge in [0.2, 0.25) is 0 Å². The number of aliphatic hydroxyl groups is 1. The Morgan fingerprint density at radius 2 is 2.16 bits per heavy atom. The van der Waals surface area contributed by atoms with Crippen LogP contribution in [0, 0.1) is 5.92 Å². The maximum atomic E-state index is 10.3. The van der Waals surface area contributed by atoms with E-state index in [1.54, 1.807) is 7.11 Å². The Bertz CT molecular complexity index is 405. The molecule has 2 nitrogen and oxygen atoms in total. The maximum absolute atomic E-state index is 10.3. The molecular weight excluding hydrogens is 324 g/mol. The molecule has 0 saturated carbocycles. The summed E-state index contributed by atoms with van der Waals surface area (Å²) >= 11 is 5.57. The van der Waals surface area contributed by atoms with Gasteiger partial charge in [0, 0.05) is 4.47 Å². The van der Waals surface area contributed by atoms with Crippen molar-refractivity contribution >= 4 is 27.7 Å². The molecule has 2 rings (SSSR count). The number of benzene rings is 1. The summed E-state index contributed by atoms with van der Waals surface area (Å²) in [7, 11) is 1.67. The molecule has 0 bridgehead atoms. The van der Waals surface area contributed by atoms with E-state index < -0.39 is 0 Å². The zero-order valence-corrected chi connectivity index (χ0v) is 13.7. The molecule has 1 heterocycles. The smallest absolute Gasteiger partial charge is 0.119 e. The van der Waals surface area contributed by atoms with Gasteiger partial charge in [-0.3, -0.25) is 0 Å². The van der Waals surface area contributed by atoms with Crippen LogP contribution in [0.5, 0.6) is 5.75 Å². The van der Waals surface area contributed by atoms with Crippen molar-refractivity contribution in [2.24, 2.45) is 5.92 Å². The summed E-state index contributed by atoms with van der Waals surface area (Å²) in [6.45, 7) is 0. The van der Waals surface area contributed by atoms with Crippen molar-refractivity contribution in [3.05, 3.63) is 28.2 Å². The van der Waals surface area contributed by atoms with Crippen LogP contribution in [-0.4, -0.2) is 29.8 Å². The molecule has 0 spiro atoms. The summed E-state index contributed by atoms with van der Waals surface area (Å²) in [5, 5.41) is 10.3. The van der Waals surface area contributed by atoms with Crippen molar-refractivity contribution in [2.45, 2.75) is 31.8 Å². The summed E-state index contributed by atoms with van der Waals surface area (Å²) in [6.07, 6.45) is 3.87. The van der Waals surface area contributed by atoms with Crippen LogP contribution >= 0.6 is 27.7 Å². The number of ether oxygens (including phenoxy) is 1. The van der Waals surface area contributed by atoms with E-state index in [-0.39, 0.29) is 6.10 Å². The Hall–Kier alpha value is -0.190. The zero-order chi connectivity index (χ0) is 13.7. The largest absolute Gasteiger partial charge is 0.497 e. The number of hydrogen-bond acceptors (Lipinski definition) is 3. The number of halogens is 1. The van der Waals surface area contributed by atoms with Gasteiger partial charge in [0.05, 0.1) is 13.2 Å². The van der Waals surface area contributed by atoms with Gasteiger partial charge in [-0.05, 0) is 66.9 Å². The highest BCUT2D eigenvalue weighted by Gasteiger charge is 2.18. The second-order valence-electron chi connectivity index (χ2n) is 5.11. The van der Waals surface area contributed by atoms with Gasteiger partial charge in [0.15, 0.2) is 0 Å². The summed E-state index contributed by atoms with van der Waals surface area (Å²) in [6, 6.07) is 5.92. The minimum atomic E-state index is -0.253. The molecule has 0 radical (unpaired) electrons. The lowest BCUT2D eigenvalue weighted by molar-refractivity contribution is 0.139. The molecule has 106 valence electrons. The molecule has 0 amide bonds. The average Bonchev–Trinajstić information content (AvgIpc) is 2.42. The Kier molecular flexibility index (Phi) is 6.05. The first-order valence-corrected chi connectivity index (χ1v) is 8.72. The molecule has 0 aliphatic carbocycles. The molecule has 1 fully saturated rings. The molecule has 0 aromatic heterocycles. The van der Waals surface area contributed by atoms with Gasteiger partial charge < -0.3 is 9.84 Å². The Morgan fingerprint density at radius 3 is 2.84 bits per heavy atom. The van der Waals surface area contributed by atoms with Crippen LogP contribution in [0.15, 0.2) is 22.7 Å². The first-order chi connectivity index (χ1) is 9.19. The van der Waals surface area contributed by atoms with Crippen LogP contribution in [0.1, 0.15) is 24.8 Å². The van der Waals surface area contributed by atoms with Crippen LogP contribution in [0.25, 0.3) is 0 Å². The van der Waals surface area contributed by atoms with Gasteiger partial charge in [-0.1, -0.05) is 15.9 Å². The van der Waals surface area contributed by atoms with Crippen molar-refractivity contribution in [1.29, 1.82) is 0 Å². The van der Waals surface area contributed by atoms with E-state index in [1.165, 1.54) is 24.3 Å². The highest BCUT2D eigenvalue weighted by atomic mass is 79.9. The second-order valence-corrected chi connectivity index (χ2v) is 7.19. The minimum absolute atomic E-state index is 0.253. The lowest BCUT2D eigenvalue weighted by Crippen LogP contribution is -2.19. The van der Waals surface area contributed by atoms with Gasteiger partial charge in [-0.25, -0.2) is 0 Å². The Morgan fingerprint density at radius 1 is 1.42 bits per heavy atom. The third kappa shape index (κ3) is 4.69. The average molecular weight is 345 g/mol. The molecule has 1 aromatic rings. The molecule has 4 heteroatoms. The van der Waals surface area contributed by atoms with Crippen molar-refractivity contribution in [2.75, 3.05) is 18.6 Å². The normalized spacial score (nSPS) is 18.3. The standard InChI is InChI=1S/C15H21BrO2S/c1-18-14-2-3-15(16)12(10-14)9-13(17)8-11-4-6-19-7-5-11/h2-3,10-11,13,17H,4-9H2,1H3. The summed E-state index contributed by atoms with van der Waals surface area (Å²) < 4.78 is 6.28. The number of methoxy groups -OCH3 is 1. The molecule has 1 aromatic carbocycles. The van der Waals surface area contributed by atoms with Crippen LogP contribution in [0.3, 0.4) is 0 Å². The van der Waals surface area contributed by atoms with Gasteiger partial charge >= 0.3 is 0 Å². The molecule has 1 N–H and O–H groups in total. The van der Waals surface area contributed by atoms with Gasteiger partial charge in [-0.2, -0.15) is 11.8 Å². The molecule has 19 heavy (non-hydrogen) atoms. The third-order valence-electron chi connectivity index (χ3n) is 3.65. The lowest BCUT2D eigenvalue weighted by atomic mass is 9.93. The van der Waals surface area contributed by atoms with Crippen molar-refractivity contribution in [3.63, 3.8) is 0 Å². The van der Waals surface area contributed by atoms with Gasteiger partial charge in [0.1, 0.15) is 5.75 Å². The van der Waals surface area contributed by atoms with E-state index in [0.717, 1.165) is 22.2 Å². The van der Waals surface area contributed by atoms with E-state index in [2.05, 4.69) is 15.9 Å². The third-order valence-corrected chi connectivity index (χ3v) is 5.48. The van der Waals surface area contributed by atoms with Crippen LogP contribution in [0.2, 0.25) is 0 Å². The monoisotopic (exact) mass is 344 g/mol. The minimum Gasteiger partial charge on any atom is -0.497 e. The zero-order valence-electron chi connectivity index (χ0n) is 11.3. The van der Waals surface area contributed by atoms with Crippen molar-refractivity contribution in [1.82, 2.24) is 0 Å². The fourth-order valence-corrected chi connectivity index (χ4v) is 4.15. The van der Waals surface area contributed by atoms with Crippen LogP contribution in [-0.2, 0) is 6.42 Å². The van der Waals surface area contributed by atoms with Gasteiger partial charge in [-0.15, -0.1) is 0 Å². The number of rotatable bonds is 5.